The third-order valence-corrected chi connectivity index (χ3v) is 6.33. The lowest BCUT2D eigenvalue weighted by Crippen LogP contribution is -2.43. The SMILES string of the molecule is CN(C)c1ccc(-c2nnc(NC(=O)C3CCCN3C(=O)c3ccc(Cl)cc3)s2)cc1. The van der Waals surface area contributed by atoms with Crippen molar-refractivity contribution in [2.75, 3.05) is 30.9 Å². The minimum atomic E-state index is -0.532. The Morgan fingerprint density at radius 2 is 1.81 bits per heavy atom. The molecule has 1 aliphatic rings. The number of likely N-dealkylation sites (tertiary alicyclic amines) is 1. The highest BCUT2D eigenvalue weighted by Crippen LogP contribution is 2.29. The van der Waals surface area contributed by atoms with Crippen molar-refractivity contribution in [3.05, 3.63) is 59.1 Å². The van der Waals surface area contributed by atoms with Crippen molar-refractivity contribution in [1.82, 2.24) is 15.1 Å². The quantitative estimate of drug-likeness (QED) is 0.624. The van der Waals surface area contributed by atoms with Gasteiger partial charge in [0.25, 0.3) is 5.91 Å². The zero-order chi connectivity index (χ0) is 22.0. The van der Waals surface area contributed by atoms with Gasteiger partial charge in [-0.2, -0.15) is 0 Å². The lowest BCUT2D eigenvalue weighted by atomic mass is 10.1. The molecule has 0 radical (unpaired) electrons. The van der Waals surface area contributed by atoms with E-state index in [1.54, 1.807) is 29.2 Å². The van der Waals surface area contributed by atoms with Crippen molar-refractivity contribution in [3.63, 3.8) is 0 Å². The van der Waals surface area contributed by atoms with Crippen molar-refractivity contribution < 1.29 is 9.59 Å². The number of aromatic nitrogens is 2. The summed E-state index contributed by atoms with van der Waals surface area (Å²) in [5.74, 6) is -0.418. The first-order valence-electron chi connectivity index (χ1n) is 9.91. The summed E-state index contributed by atoms with van der Waals surface area (Å²) in [5.41, 5.74) is 2.54. The van der Waals surface area contributed by atoms with Gasteiger partial charge in [0.1, 0.15) is 11.0 Å². The van der Waals surface area contributed by atoms with Crippen LogP contribution in [0.4, 0.5) is 10.8 Å². The van der Waals surface area contributed by atoms with Gasteiger partial charge < -0.3 is 9.80 Å². The van der Waals surface area contributed by atoms with E-state index in [0.717, 1.165) is 22.7 Å². The fourth-order valence-electron chi connectivity index (χ4n) is 3.52. The number of hydrogen-bond acceptors (Lipinski definition) is 6. The van der Waals surface area contributed by atoms with Crippen LogP contribution in [0.1, 0.15) is 23.2 Å². The summed E-state index contributed by atoms with van der Waals surface area (Å²) in [6.45, 7) is 0.541. The predicted octanol–water partition coefficient (Wildman–Crippen LogP) is 4.17. The van der Waals surface area contributed by atoms with Crippen LogP contribution in [0.2, 0.25) is 5.02 Å². The minimum Gasteiger partial charge on any atom is -0.378 e. The first kappa shape index (κ1) is 21.3. The maximum atomic E-state index is 12.9. The second-order valence-corrected chi connectivity index (χ2v) is 8.92. The standard InChI is InChI=1S/C22H22ClN5O2S/c1-27(2)17-11-7-14(8-12-17)20-25-26-22(31-20)24-19(29)18-4-3-13-28(18)21(30)15-5-9-16(23)10-6-15/h5-12,18H,3-4,13H2,1-2H3,(H,24,26,29). The van der Waals surface area contributed by atoms with E-state index < -0.39 is 6.04 Å². The Labute approximate surface area is 189 Å². The van der Waals surface area contributed by atoms with Gasteiger partial charge >= 0.3 is 0 Å². The van der Waals surface area contributed by atoms with Crippen LogP contribution in [-0.2, 0) is 4.79 Å². The highest BCUT2D eigenvalue weighted by Gasteiger charge is 2.35. The molecule has 1 N–H and O–H groups in total. The normalized spacial score (nSPS) is 15.7. The van der Waals surface area contributed by atoms with E-state index >= 15 is 0 Å². The van der Waals surface area contributed by atoms with E-state index in [-0.39, 0.29) is 11.8 Å². The van der Waals surface area contributed by atoms with Crippen LogP contribution in [0, 0.1) is 0 Å². The molecule has 0 bridgehead atoms. The van der Waals surface area contributed by atoms with Crippen molar-refractivity contribution in [3.8, 4) is 10.6 Å². The van der Waals surface area contributed by atoms with Crippen LogP contribution >= 0.6 is 22.9 Å². The van der Waals surface area contributed by atoms with E-state index in [1.165, 1.54) is 11.3 Å². The summed E-state index contributed by atoms with van der Waals surface area (Å²) in [4.78, 5) is 29.4. The molecule has 1 aliphatic heterocycles. The molecule has 3 aromatic rings. The Morgan fingerprint density at radius 3 is 2.48 bits per heavy atom. The number of hydrogen-bond donors (Lipinski definition) is 1. The van der Waals surface area contributed by atoms with Gasteiger partial charge in [-0.1, -0.05) is 22.9 Å². The number of carbonyl (C=O) groups excluding carboxylic acids is 2. The van der Waals surface area contributed by atoms with Gasteiger partial charge in [-0.15, -0.1) is 10.2 Å². The molecule has 0 spiro atoms. The van der Waals surface area contributed by atoms with Crippen molar-refractivity contribution in [1.29, 1.82) is 0 Å². The number of halogens is 1. The maximum absolute atomic E-state index is 12.9. The summed E-state index contributed by atoms with van der Waals surface area (Å²) in [5, 5.41) is 12.8. The zero-order valence-electron chi connectivity index (χ0n) is 17.2. The molecule has 2 heterocycles. The molecule has 1 aromatic heterocycles. The molecule has 4 rings (SSSR count). The Hall–Kier alpha value is -2.97. The first-order chi connectivity index (χ1) is 14.9. The number of anilines is 2. The second kappa shape index (κ2) is 9.03. The lowest BCUT2D eigenvalue weighted by Gasteiger charge is -2.23. The molecule has 9 heteroatoms. The third kappa shape index (κ3) is 4.70. The van der Waals surface area contributed by atoms with Gasteiger partial charge in [-0.05, 0) is 61.4 Å². The highest BCUT2D eigenvalue weighted by atomic mass is 35.5. The van der Waals surface area contributed by atoms with Crippen LogP contribution in [-0.4, -0.2) is 53.6 Å². The van der Waals surface area contributed by atoms with Gasteiger partial charge in [0.05, 0.1) is 0 Å². The highest BCUT2D eigenvalue weighted by molar-refractivity contribution is 7.18. The summed E-state index contributed by atoms with van der Waals surface area (Å²) in [6, 6.07) is 14.1. The molecule has 2 amide bonds. The number of nitrogens with one attached hydrogen (secondary N) is 1. The van der Waals surface area contributed by atoms with Crippen molar-refractivity contribution in [2.24, 2.45) is 0 Å². The largest absolute Gasteiger partial charge is 0.378 e. The minimum absolute atomic E-state index is 0.173. The number of rotatable bonds is 5. The maximum Gasteiger partial charge on any atom is 0.254 e. The van der Waals surface area contributed by atoms with E-state index in [1.807, 2.05) is 43.3 Å². The molecular weight excluding hydrogens is 434 g/mol. The average molecular weight is 456 g/mol. The van der Waals surface area contributed by atoms with Gasteiger partial charge in [0.2, 0.25) is 11.0 Å². The molecule has 1 unspecified atom stereocenters. The van der Waals surface area contributed by atoms with Crippen molar-refractivity contribution >= 4 is 45.6 Å². The fraction of sp³-hybridized carbons (Fsp3) is 0.273. The van der Waals surface area contributed by atoms with Crippen LogP contribution in [0.25, 0.3) is 10.6 Å². The van der Waals surface area contributed by atoms with Gasteiger partial charge in [-0.3, -0.25) is 14.9 Å². The van der Waals surface area contributed by atoms with Gasteiger partial charge in [-0.25, -0.2) is 0 Å². The molecule has 2 aromatic carbocycles. The molecule has 1 atom stereocenters. The van der Waals surface area contributed by atoms with E-state index in [2.05, 4.69) is 15.5 Å². The predicted molar refractivity (Wildman–Crippen MR) is 124 cm³/mol. The first-order valence-corrected chi connectivity index (χ1v) is 11.1. The number of carbonyl (C=O) groups is 2. The van der Waals surface area contributed by atoms with Crippen LogP contribution < -0.4 is 10.2 Å². The third-order valence-electron chi connectivity index (χ3n) is 5.19. The van der Waals surface area contributed by atoms with Crippen LogP contribution in [0.15, 0.2) is 48.5 Å². The molecule has 7 nitrogen and oxygen atoms in total. The fourth-order valence-corrected chi connectivity index (χ4v) is 4.40. The molecule has 0 aliphatic carbocycles. The van der Waals surface area contributed by atoms with Crippen molar-refractivity contribution in [2.45, 2.75) is 18.9 Å². The van der Waals surface area contributed by atoms with Crippen LogP contribution in [0.5, 0.6) is 0 Å². The van der Waals surface area contributed by atoms with Gasteiger partial charge in [0.15, 0.2) is 0 Å². The summed E-state index contributed by atoms with van der Waals surface area (Å²) >= 11 is 7.22. The molecule has 31 heavy (non-hydrogen) atoms. The van der Waals surface area contributed by atoms with E-state index in [4.69, 9.17) is 11.6 Å². The molecule has 1 saturated heterocycles. The molecule has 1 fully saturated rings. The Bertz CT molecular complexity index is 1080. The Kier molecular flexibility index (Phi) is 6.20. The Morgan fingerprint density at radius 1 is 1.10 bits per heavy atom. The molecule has 160 valence electrons. The number of nitrogens with zero attached hydrogens (tertiary/aromatic N) is 4. The summed E-state index contributed by atoms with van der Waals surface area (Å²) < 4.78 is 0. The summed E-state index contributed by atoms with van der Waals surface area (Å²) in [7, 11) is 3.97. The van der Waals surface area contributed by atoms with Gasteiger partial charge in [0, 0.05) is 42.5 Å². The van der Waals surface area contributed by atoms with E-state index in [0.29, 0.717) is 28.7 Å². The number of benzene rings is 2. The second-order valence-electron chi connectivity index (χ2n) is 7.51. The Balaban J connectivity index is 1.44. The lowest BCUT2D eigenvalue weighted by molar-refractivity contribution is -0.119. The topological polar surface area (TPSA) is 78.4 Å². The van der Waals surface area contributed by atoms with Crippen LogP contribution in [0.3, 0.4) is 0 Å². The monoisotopic (exact) mass is 455 g/mol. The number of amides is 2. The molecular formula is C22H22ClN5O2S. The smallest absolute Gasteiger partial charge is 0.254 e. The van der Waals surface area contributed by atoms with E-state index in [9.17, 15) is 9.59 Å². The zero-order valence-corrected chi connectivity index (χ0v) is 18.8. The molecule has 0 saturated carbocycles. The summed E-state index contributed by atoms with van der Waals surface area (Å²) in [6.07, 6.45) is 1.39. The average Bonchev–Trinajstić information content (AvgIpc) is 3.44.